The number of piperidine rings is 1. The van der Waals surface area contributed by atoms with Gasteiger partial charge in [0.2, 0.25) is 0 Å². The first-order valence-corrected chi connectivity index (χ1v) is 10.00. The van der Waals surface area contributed by atoms with Gasteiger partial charge >= 0.3 is 0 Å². The number of aromatic nitrogens is 3. The van der Waals surface area contributed by atoms with Crippen molar-refractivity contribution >= 4 is 28.2 Å². The summed E-state index contributed by atoms with van der Waals surface area (Å²) >= 11 is -2.17. The summed E-state index contributed by atoms with van der Waals surface area (Å²) in [6.07, 6.45) is 5.95. The maximum atomic E-state index is 10.5. The lowest BCUT2D eigenvalue weighted by molar-refractivity contribution is 0.379. The molecule has 1 fully saturated rings. The van der Waals surface area contributed by atoms with Crippen LogP contribution in [0, 0.1) is 5.92 Å². The summed E-state index contributed by atoms with van der Waals surface area (Å²) < 4.78 is 28.9. The summed E-state index contributed by atoms with van der Waals surface area (Å²) in [7, 11) is 0. The highest BCUT2D eigenvalue weighted by atomic mass is 32.2. The molecule has 142 valence electrons. The predicted molar refractivity (Wildman–Crippen MR) is 102 cm³/mol. The number of hydrogen-bond acceptors (Lipinski definition) is 7. The van der Waals surface area contributed by atoms with Gasteiger partial charge in [-0.25, -0.2) is 19.7 Å². The van der Waals surface area contributed by atoms with E-state index in [0.717, 1.165) is 60.5 Å². The van der Waals surface area contributed by atoms with Crippen LogP contribution in [-0.4, -0.2) is 43.3 Å². The van der Waals surface area contributed by atoms with Crippen molar-refractivity contribution in [3.05, 3.63) is 37.0 Å². The van der Waals surface area contributed by atoms with E-state index in [1.54, 1.807) is 6.33 Å². The van der Waals surface area contributed by atoms with Gasteiger partial charge in [-0.05, 0) is 37.3 Å². The molecule has 3 aromatic rings. The van der Waals surface area contributed by atoms with Crippen molar-refractivity contribution in [2.45, 2.75) is 19.3 Å². The van der Waals surface area contributed by atoms with Crippen LogP contribution in [0.2, 0.25) is 0 Å². The molecule has 1 saturated heterocycles. The third-order valence-corrected chi connectivity index (χ3v) is 5.43. The maximum Gasteiger partial charge on any atom is 0.181 e. The van der Waals surface area contributed by atoms with Crippen LogP contribution in [0.25, 0.3) is 22.4 Å². The summed E-state index contributed by atoms with van der Waals surface area (Å²) in [6, 6.07) is 7.84. The molecule has 0 amide bonds. The third-order valence-electron chi connectivity index (χ3n) is 4.99. The smallest absolute Gasteiger partial charge is 0.181 e. The van der Waals surface area contributed by atoms with Crippen LogP contribution in [0.4, 0.5) is 5.82 Å². The average molecular weight is 386 g/mol. The Hall–Kier alpha value is -2.36. The van der Waals surface area contributed by atoms with E-state index in [1.807, 2.05) is 24.3 Å². The molecular weight excluding hydrogens is 366 g/mol. The van der Waals surface area contributed by atoms with E-state index in [1.165, 1.54) is 6.39 Å². The summed E-state index contributed by atoms with van der Waals surface area (Å²) in [5.41, 5.74) is 3.38. The van der Waals surface area contributed by atoms with Gasteiger partial charge in [0.1, 0.15) is 17.7 Å². The van der Waals surface area contributed by atoms with Crippen LogP contribution in [0.3, 0.4) is 0 Å². The molecule has 3 heterocycles. The number of nitrogens with one attached hydrogen (secondary N) is 1. The minimum atomic E-state index is -2.17. The molecule has 0 bridgehead atoms. The van der Waals surface area contributed by atoms with Gasteiger partial charge < -0.3 is 13.9 Å². The van der Waals surface area contributed by atoms with Gasteiger partial charge in [-0.2, -0.15) is 0 Å². The van der Waals surface area contributed by atoms with Crippen molar-refractivity contribution in [1.82, 2.24) is 19.7 Å². The molecule has 1 aromatic carbocycles. The van der Waals surface area contributed by atoms with Crippen molar-refractivity contribution in [3.8, 4) is 11.3 Å². The van der Waals surface area contributed by atoms with Gasteiger partial charge in [0.15, 0.2) is 12.0 Å². The van der Waals surface area contributed by atoms with Gasteiger partial charge in [-0.1, -0.05) is 6.07 Å². The molecular formula is C18H20N5O3S-. The topological polar surface area (TPSA) is 107 Å². The predicted octanol–water partition coefficient (Wildman–Crippen LogP) is 2.28. The fourth-order valence-corrected chi connectivity index (χ4v) is 3.77. The number of benzene rings is 1. The maximum absolute atomic E-state index is 10.5. The minimum absolute atomic E-state index is 0.503. The lowest BCUT2D eigenvalue weighted by atomic mass is 9.93. The summed E-state index contributed by atoms with van der Waals surface area (Å²) in [6.45, 7) is 2.31. The first-order chi connectivity index (χ1) is 13.2. The molecule has 9 heteroatoms. The summed E-state index contributed by atoms with van der Waals surface area (Å²) in [5.74, 6) is 1.45. The zero-order chi connectivity index (χ0) is 18.6. The number of rotatable bonds is 6. The molecule has 0 radical (unpaired) electrons. The van der Waals surface area contributed by atoms with Crippen LogP contribution < -0.4 is 9.62 Å². The average Bonchev–Trinajstić information content (AvgIpc) is 3.16. The van der Waals surface area contributed by atoms with Crippen molar-refractivity contribution in [2.75, 3.05) is 24.5 Å². The first-order valence-electron chi connectivity index (χ1n) is 8.92. The van der Waals surface area contributed by atoms with Gasteiger partial charge in [0, 0.05) is 42.5 Å². The summed E-state index contributed by atoms with van der Waals surface area (Å²) in [4.78, 5) is 15.2. The molecule has 1 N–H and O–H groups in total. The molecule has 0 spiro atoms. The van der Waals surface area contributed by atoms with Gasteiger partial charge in [0.05, 0.1) is 5.69 Å². The minimum Gasteiger partial charge on any atom is -0.760 e. The Morgan fingerprint density at radius 3 is 2.89 bits per heavy atom. The normalized spacial score (nSPS) is 16.7. The Bertz CT molecular complexity index is 939. The van der Waals surface area contributed by atoms with Crippen molar-refractivity contribution in [3.63, 3.8) is 0 Å². The number of oxazole rings is 1. The molecule has 1 unspecified atom stereocenters. The highest BCUT2D eigenvalue weighted by molar-refractivity contribution is 7.77. The molecule has 0 aliphatic carbocycles. The number of anilines is 1. The van der Waals surface area contributed by atoms with Crippen molar-refractivity contribution in [2.24, 2.45) is 5.92 Å². The quantitative estimate of drug-likeness (QED) is 0.648. The highest BCUT2D eigenvalue weighted by Gasteiger charge is 2.20. The van der Waals surface area contributed by atoms with Crippen LogP contribution in [-0.2, 0) is 11.3 Å². The highest BCUT2D eigenvalue weighted by Crippen LogP contribution is 2.27. The Morgan fingerprint density at radius 1 is 1.22 bits per heavy atom. The van der Waals surface area contributed by atoms with E-state index in [2.05, 4.69) is 24.6 Å². The number of nitrogens with zero attached hydrogens (tertiary/aromatic N) is 4. The van der Waals surface area contributed by atoms with Crippen molar-refractivity contribution in [1.29, 1.82) is 0 Å². The van der Waals surface area contributed by atoms with Crippen molar-refractivity contribution < 1.29 is 13.2 Å². The van der Waals surface area contributed by atoms with Gasteiger partial charge in [-0.3, -0.25) is 4.21 Å². The van der Waals surface area contributed by atoms with E-state index in [4.69, 9.17) is 4.42 Å². The molecule has 1 aliphatic rings. The zero-order valence-electron chi connectivity index (χ0n) is 14.7. The largest absolute Gasteiger partial charge is 0.760 e. The van der Waals surface area contributed by atoms with E-state index < -0.39 is 11.3 Å². The molecule has 8 nitrogen and oxygen atoms in total. The fraction of sp³-hybridized carbons (Fsp3) is 0.389. The SMILES string of the molecule is O=S([O-])NCCC1CCN(c2cc(-c3ccc4ncoc4c3)ncn2)CC1. The number of hydrogen-bond donors (Lipinski definition) is 1. The molecule has 2 aromatic heterocycles. The lowest BCUT2D eigenvalue weighted by Crippen LogP contribution is -2.35. The van der Waals surface area contributed by atoms with Gasteiger partial charge in [0.25, 0.3) is 0 Å². The lowest BCUT2D eigenvalue weighted by Gasteiger charge is -2.33. The van der Waals surface area contributed by atoms with E-state index in [9.17, 15) is 8.76 Å². The molecule has 1 atom stereocenters. The Balaban J connectivity index is 1.42. The molecule has 0 saturated carbocycles. The molecule has 27 heavy (non-hydrogen) atoms. The van der Waals surface area contributed by atoms with Crippen LogP contribution >= 0.6 is 0 Å². The third kappa shape index (κ3) is 4.32. The second-order valence-electron chi connectivity index (χ2n) is 6.64. The Morgan fingerprint density at radius 2 is 2.07 bits per heavy atom. The van der Waals surface area contributed by atoms with E-state index in [0.29, 0.717) is 12.5 Å². The zero-order valence-corrected chi connectivity index (χ0v) is 15.5. The molecule has 4 rings (SSSR count). The Kier molecular flexibility index (Phi) is 5.42. The monoisotopic (exact) mass is 386 g/mol. The standard InChI is InChI=1S/C18H21N5O3S/c24-27(25)22-6-3-13-4-7-23(8-5-13)18-10-16(19-11-20-18)14-1-2-15-17(9-14)26-12-21-15/h1-2,9-13,22H,3-8H2,(H,24,25)/p-1. The first kappa shape index (κ1) is 18.0. The summed E-state index contributed by atoms with van der Waals surface area (Å²) in [5, 5.41) is 0. The van der Waals surface area contributed by atoms with E-state index in [-0.39, 0.29) is 0 Å². The van der Waals surface area contributed by atoms with Crippen LogP contribution in [0.5, 0.6) is 0 Å². The van der Waals surface area contributed by atoms with E-state index >= 15 is 0 Å². The molecule has 1 aliphatic heterocycles. The van der Waals surface area contributed by atoms with Crippen LogP contribution in [0.15, 0.2) is 41.4 Å². The Labute approximate surface area is 159 Å². The second kappa shape index (κ2) is 8.12. The second-order valence-corrected chi connectivity index (χ2v) is 7.40. The fourth-order valence-electron chi connectivity index (χ4n) is 3.49. The van der Waals surface area contributed by atoms with Gasteiger partial charge in [-0.15, -0.1) is 0 Å². The van der Waals surface area contributed by atoms with Crippen LogP contribution in [0.1, 0.15) is 19.3 Å². The number of fused-ring (bicyclic) bond motifs is 1.